The zero-order valence-electron chi connectivity index (χ0n) is 54.6. The van der Waals surface area contributed by atoms with E-state index < -0.39 is 152 Å². The molecule has 536 valence electrons. The molecule has 0 aromatic carbocycles. The molecular formula is C70H118O23. The van der Waals surface area contributed by atoms with Gasteiger partial charge in [0.25, 0.3) is 0 Å². The Morgan fingerprint density at radius 3 is 1.67 bits per heavy atom. The molecule has 0 saturated carbocycles. The summed E-state index contributed by atoms with van der Waals surface area (Å²) in [4.78, 5) is 0. The number of ether oxygens (including phenoxy) is 2. The van der Waals surface area contributed by atoms with Crippen molar-refractivity contribution >= 4 is 0 Å². The number of hydrogen-bond acceptors (Lipinski definition) is 23. The maximum atomic E-state index is 11.2. The SMILES string of the molecule is C=C/C=C/CC/C=C/C=C/C=C/CC/C=C/[C@@H](O)[C@@H](O)C1O[C@@H]([C@H](O)[C@H](O)C(=C)CCC(O)[C@H]2C[C@@H](O)[C@@H](O)C([C@@H](O)[C@H](O)/C=C(\C)CC[C@H](O)C[C@H](O)[C@@H](O)[C@@H](C)C[C@H](O)[C@@H](O)CCCCCC(O)CCC[C@@H](O)/C=C/C[C@@H](O)/C=C/C[C@H](O)CO)O2)CC(O)C1O. The molecule has 2 fully saturated rings. The van der Waals surface area contributed by atoms with Gasteiger partial charge in [-0.15, -0.1) is 0 Å². The van der Waals surface area contributed by atoms with Gasteiger partial charge in [-0.2, -0.15) is 0 Å². The first-order chi connectivity index (χ1) is 44.1. The van der Waals surface area contributed by atoms with Gasteiger partial charge in [-0.05, 0) is 121 Å². The highest BCUT2D eigenvalue weighted by molar-refractivity contribution is 5.13. The highest BCUT2D eigenvalue weighted by Crippen LogP contribution is 2.32. The van der Waals surface area contributed by atoms with Crippen LogP contribution in [0.5, 0.6) is 0 Å². The molecule has 25 atom stereocenters. The fourth-order valence-electron chi connectivity index (χ4n) is 11.1. The first-order valence-corrected chi connectivity index (χ1v) is 33.3. The van der Waals surface area contributed by atoms with Gasteiger partial charge in [0.1, 0.15) is 61.0 Å². The summed E-state index contributed by atoms with van der Waals surface area (Å²) in [5.74, 6) is -0.676. The number of aliphatic hydroxyl groups excluding tert-OH is 21. The van der Waals surface area contributed by atoms with Gasteiger partial charge in [0.05, 0.1) is 92.1 Å². The number of hydrogen-bond donors (Lipinski definition) is 21. The molecule has 6 unspecified atom stereocenters. The van der Waals surface area contributed by atoms with Gasteiger partial charge < -0.3 is 117 Å². The minimum Gasteiger partial charge on any atom is -0.394 e. The molecule has 0 amide bonds. The van der Waals surface area contributed by atoms with E-state index in [1.807, 2.05) is 42.5 Å². The number of aliphatic hydroxyl groups is 21. The van der Waals surface area contributed by atoms with Crippen molar-refractivity contribution < 1.29 is 117 Å². The van der Waals surface area contributed by atoms with Gasteiger partial charge in [0, 0.05) is 19.3 Å². The fraction of sp³-hybridized carbons (Fsp3) is 0.714. The van der Waals surface area contributed by atoms with Crippen LogP contribution in [0.3, 0.4) is 0 Å². The highest BCUT2D eigenvalue weighted by atomic mass is 16.6. The molecule has 0 radical (unpaired) electrons. The van der Waals surface area contributed by atoms with E-state index in [2.05, 4.69) is 19.2 Å². The summed E-state index contributed by atoms with van der Waals surface area (Å²) in [5, 5.41) is 223. The van der Waals surface area contributed by atoms with Gasteiger partial charge in [-0.3, -0.25) is 0 Å². The lowest BCUT2D eigenvalue weighted by Gasteiger charge is -2.42. The lowest BCUT2D eigenvalue weighted by Crippen LogP contribution is -2.59. The highest BCUT2D eigenvalue weighted by Gasteiger charge is 2.47. The molecule has 23 heteroatoms. The molecular weight excluding hydrogens is 1210 g/mol. The second kappa shape index (κ2) is 48.2. The normalized spacial score (nSPS) is 26.9. The maximum absolute atomic E-state index is 11.2. The summed E-state index contributed by atoms with van der Waals surface area (Å²) in [6, 6.07) is 0. The Balaban J connectivity index is 1.77. The van der Waals surface area contributed by atoms with E-state index in [-0.39, 0.29) is 82.8 Å². The second-order valence-corrected chi connectivity index (χ2v) is 25.4. The van der Waals surface area contributed by atoms with Crippen LogP contribution in [0.4, 0.5) is 0 Å². The molecule has 21 N–H and O–H groups in total. The van der Waals surface area contributed by atoms with Gasteiger partial charge >= 0.3 is 0 Å². The van der Waals surface area contributed by atoms with Gasteiger partial charge in [0.15, 0.2) is 0 Å². The third-order valence-electron chi connectivity index (χ3n) is 17.1. The molecule has 93 heavy (non-hydrogen) atoms. The molecule has 0 aliphatic carbocycles. The lowest BCUT2D eigenvalue weighted by atomic mass is 9.87. The number of unbranched alkanes of at least 4 members (excludes halogenated alkanes) is 4. The molecule has 2 rings (SSSR count). The van der Waals surface area contributed by atoms with Crippen LogP contribution in [0.2, 0.25) is 0 Å². The Labute approximate surface area is 550 Å². The molecule has 0 aromatic heterocycles. The molecule has 0 bridgehead atoms. The Kier molecular flexibility index (Phi) is 44.4. The van der Waals surface area contributed by atoms with Crippen molar-refractivity contribution in [2.45, 2.75) is 302 Å². The standard InChI is InChI=1S/C70H118O23/c1-5-6-7-8-9-10-11-12-13-14-15-16-17-20-33-54(79)64(87)69-67(90)59(84)42-61(93-69)68(91)63(86)45(3)35-37-53(78)60-41-58(83)66(89)70(92-60)65(88)56(81)38-44(2)34-36-50(75)40-57(82)62(85)46(4)39-55(80)52(77)32-21-18-19-25-47(72)26-22-27-48(73)28-23-29-49(74)30-24-31-51(76)43-71/h5-7,10-15,20,23-24,28,30,33,38,46-91H,1,3,8-9,16-19,21-22,25-27,29,31-32,34-37,39-43H2,2,4H3/b7-6+,11-10+,13-12+,15-14+,28-23+,30-24+,33-20+,44-38+/t46-,47?,48+,49+,50-,51-,52-,53?,54+,55-,56+,57-,58+,59?,60+,61+,62-,63+,64+,65-,66+,67?,68-,69?,70?/m0/s1. The van der Waals surface area contributed by atoms with Crippen molar-refractivity contribution in [1.29, 1.82) is 0 Å². The smallest absolute Gasteiger partial charge is 0.115 e. The van der Waals surface area contributed by atoms with Crippen molar-refractivity contribution in [3.8, 4) is 0 Å². The molecule has 2 saturated heterocycles. The Hall–Kier alpha value is -3.52. The fourth-order valence-corrected chi connectivity index (χ4v) is 11.1. The van der Waals surface area contributed by atoms with Crippen LogP contribution in [0.15, 0.2) is 122 Å². The average Bonchev–Trinajstić information content (AvgIpc) is 0.828. The largest absolute Gasteiger partial charge is 0.394 e. The molecule has 23 nitrogen and oxygen atoms in total. The van der Waals surface area contributed by atoms with Crippen molar-refractivity contribution in [1.82, 2.24) is 0 Å². The van der Waals surface area contributed by atoms with E-state index in [0.717, 1.165) is 12.8 Å². The summed E-state index contributed by atoms with van der Waals surface area (Å²) >= 11 is 0. The first kappa shape index (κ1) is 85.6. The maximum Gasteiger partial charge on any atom is 0.115 e. The monoisotopic (exact) mass is 1330 g/mol. The minimum atomic E-state index is -1.83. The van der Waals surface area contributed by atoms with E-state index in [0.29, 0.717) is 63.4 Å². The number of rotatable bonds is 49. The summed E-state index contributed by atoms with van der Waals surface area (Å²) in [5.41, 5.74) is 0.480. The second-order valence-electron chi connectivity index (χ2n) is 25.4. The minimum absolute atomic E-state index is 0.00463. The zero-order valence-corrected chi connectivity index (χ0v) is 54.6. The van der Waals surface area contributed by atoms with Crippen LogP contribution in [0.25, 0.3) is 0 Å². The van der Waals surface area contributed by atoms with E-state index in [1.54, 1.807) is 44.2 Å². The van der Waals surface area contributed by atoms with Crippen molar-refractivity contribution in [3.05, 3.63) is 122 Å². The van der Waals surface area contributed by atoms with Crippen LogP contribution < -0.4 is 0 Å². The quantitative estimate of drug-likeness (QED) is 0.0233. The zero-order chi connectivity index (χ0) is 69.6. The third kappa shape index (κ3) is 34.5. The predicted molar refractivity (Wildman–Crippen MR) is 352 cm³/mol. The van der Waals surface area contributed by atoms with Gasteiger partial charge in [-0.25, -0.2) is 0 Å². The first-order valence-electron chi connectivity index (χ1n) is 33.3. The summed E-state index contributed by atoms with van der Waals surface area (Å²) in [7, 11) is 0. The van der Waals surface area contributed by atoms with Gasteiger partial charge in [-0.1, -0.05) is 142 Å². The molecule has 2 heterocycles. The van der Waals surface area contributed by atoms with E-state index >= 15 is 0 Å². The predicted octanol–water partition coefficient (Wildman–Crippen LogP) is 1.53. The Morgan fingerprint density at radius 1 is 0.495 bits per heavy atom. The molecule has 0 spiro atoms. The van der Waals surface area contributed by atoms with Crippen LogP contribution >= 0.6 is 0 Å². The summed E-state index contributed by atoms with van der Waals surface area (Å²) in [6.45, 7) is 10.3. The number of allylic oxidation sites excluding steroid dienone is 11. The van der Waals surface area contributed by atoms with Gasteiger partial charge in [0.2, 0.25) is 0 Å². The Morgan fingerprint density at radius 2 is 1.04 bits per heavy atom. The van der Waals surface area contributed by atoms with Crippen LogP contribution in [-0.4, -0.2) is 260 Å². The van der Waals surface area contributed by atoms with Crippen LogP contribution in [0, 0.1) is 5.92 Å². The van der Waals surface area contributed by atoms with Crippen molar-refractivity contribution in [2.24, 2.45) is 5.92 Å². The van der Waals surface area contributed by atoms with Crippen molar-refractivity contribution in [3.63, 3.8) is 0 Å². The average molecular weight is 1330 g/mol. The van der Waals surface area contributed by atoms with E-state index in [1.165, 1.54) is 18.2 Å². The molecule has 2 aliphatic heterocycles. The topological polar surface area (TPSA) is 443 Å². The van der Waals surface area contributed by atoms with Crippen LogP contribution in [0.1, 0.15) is 155 Å². The molecule has 0 aromatic rings. The van der Waals surface area contributed by atoms with E-state index in [4.69, 9.17) is 14.6 Å². The summed E-state index contributed by atoms with van der Waals surface area (Å²) in [6.07, 6.45) is 1.59. The van der Waals surface area contributed by atoms with Crippen LogP contribution in [-0.2, 0) is 9.47 Å². The van der Waals surface area contributed by atoms with Crippen molar-refractivity contribution in [2.75, 3.05) is 6.61 Å². The lowest BCUT2D eigenvalue weighted by molar-refractivity contribution is -0.234. The third-order valence-corrected chi connectivity index (χ3v) is 17.1. The summed E-state index contributed by atoms with van der Waals surface area (Å²) < 4.78 is 11.6. The Bertz CT molecular complexity index is 2240. The van der Waals surface area contributed by atoms with E-state index in [9.17, 15) is 102 Å². The molecule has 2 aliphatic rings.